The Morgan fingerprint density at radius 3 is 2.59 bits per heavy atom. The van der Waals surface area contributed by atoms with E-state index in [0.29, 0.717) is 17.6 Å². The highest BCUT2D eigenvalue weighted by Gasteiger charge is 2.21. The van der Waals surface area contributed by atoms with Crippen LogP contribution >= 0.6 is 0 Å². The van der Waals surface area contributed by atoms with Gasteiger partial charge in [0.1, 0.15) is 11.2 Å². The molecule has 0 radical (unpaired) electrons. The third-order valence-corrected chi connectivity index (χ3v) is 5.15. The smallest absolute Gasteiger partial charge is 0.256 e. The molecule has 138 valence electrons. The summed E-state index contributed by atoms with van der Waals surface area (Å²) in [4.78, 5) is 29.4. The quantitative estimate of drug-likeness (QED) is 0.747. The summed E-state index contributed by atoms with van der Waals surface area (Å²) in [6.45, 7) is 2.58. The Bertz CT molecular complexity index is 1060. The van der Waals surface area contributed by atoms with Gasteiger partial charge in [-0.1, -0.05) is 24.3 Å². The van der Waals surface area contributed by atoms with Crippen LogP contribution in [0.25, 0.3) is 11.0 Å². The Labute approximate surface area is 157 Å². The number of hydrogen-bond acceptors (Lipinski definition) is 4. The van der Waals surface area contributed by atoms with Gasteiger partial charge in [0, 0.05) is 25.8 Å². The molecule has 1 aromatic carbocycles. The zero-order valence-corrected chi connectivity index (χ0v) is 15.5. The van der Waals surface area contributed by atoms with Crippen LogP contribution in [0.1, 0.15) is 28.4 Å². The largest absolute Gasteiger partial charge is 0.380 e. The lowest BCUT2D eigenvalue weighted by atomic mass is 10.1. The highest BCUT2D eigenvalue weighted by molar-refractivity contribution is 5.97. The summed E-state index contributed by atoms with van der Waals surface area (Å²) in [7, 11) is 1.52. The van der Waals surface area contributed by atoms with E-state index in [4.69, 9.17) is 0 Å². The first-order valence-electron chi connectivity index (χ1n) is 9.19. The van der Waals surface area contributed by atoms with E-state index in [0.717, 1.165) is 18.5 Å². The average Bonchev–Trinajstić information content (AvgIpc) is 3.10. The van der Waals surface area contributed by atoms with Crippen LogP contribution in [0.2, 0.25) is 0 Å². The Morgan fingerprint density at radius 2 is 1.96 bits per heavy atom. The molecule has 1 aliphatic rings. The molecular formula is C21H22N4O2. The average molecular weight is 362 g/mol. The molecule has 0 atom stereocenters. The van der Waals surface area contributed by atoms with E-state index in [1.54, 1.807) is 12.4 Å². The number of nitrogens with one attached hydrogen (secondary N) is 2. The van der Waals surface area contributed by atoms with Crippen LogP contribution in [0.3, 0.4) is 0 Å². The lowest BCUT2D eigenvalue weighted by molar-refractivity contribution is 0.0961. The molecule has 6 heteroatoms. The summed E-state index contributed by atoms with van der Waals surface area (Å²) >= 11 is 0. The molecule has 0 aliphatic heterocycles. The van der Waals surface area contributed by atoms with Crippen molar-refractivity contribution in [3.8, 4) is 0 Å². The molecule has 0 spiro atoms. The Kier molecular flexibility index (Phi) is 4.39. The highest BCUT2D eigenvalue weighted by Crippen LogP contribution is 2.25. The van der Waals surface area contributed by atoms with Gasteiger partial charge in [-0.2, -0.15) is 0 Å². The van der Waals surface area contributed by atoms with Crippen molar-refractivity contribution in [2.75, 3.05) is 12.4 Å². The van der Waals surface area contributed by atoms with E-state index in [9.17, 15) is 9.59 Å². The van der Waals surface area contributed by atoms with Gasteiger partial charge in [-0.15, -0.1) is 0 Å². The first-order valence-corrected chi connectivity index (χ1v) is 9.19. The van der Waals surface area contributed by atoms with Gasteiger partial charge in [0.05, 0.1) is 17.3 Å². The number of hydrogen-bond donors (Lipinski definition) is 2. The van der Waals surface area contributed by atoms with Crippen LogP contribution in [0.4, 0.5) is 5.69 Å². The van der Waals surface area contributed by atoms with E-state index >= 15 is 0 Å². The monoisotopic (exact) mass is 362 g/mol. The molecule has 0 bridgehead atoms. The van der Waals surface area contributed by atoms with Gasteiger partial charge in [0.2, 0.25) is 5.43 Å². The minimum Gasteiger partial charge on any atom is -0.380 e. The standard InChI is InChI=1S/C21H22N4O2/c1-3-25-12-18(21(27)22-2)19(26)17-10-16(11-23-20(17)25)24-15-8-13-6-4-5-7-14(13)9-15/h4-7,10-12,15,24H,3,8-9H2,1-2H3,(H,22,27). The fourth-order valence-corrected chi connectivity index (χ4v) is 3.79. The number of pyridine rings is 2. The summed E-state index contributed by atoms with van der Waals surface area (Å²) < 4.78 is 1.83. The number of aryl methyl sites for hydroxylation is 1. The van der Waals surface area contributed by atoms with E-state index in [2.05, 4.69) is 39.9 Å². The van der Waals surface area contributed by atoms with Gasteiger partial charge in [0.25, 0.3) is 5.91 Å². The van der Waals surface area contributed by atoms with Crippen molar-refractivity contribution in [2.24, 2.45) is 0 Å². The summed E-state index contributed by atoms with van der Waals surface area (Å²) in [5.41, 5.74) is 3.96. The molecule has 6 nitrogen and oxygen atoms in total. The SMILES string of the molecule is CCn1cc(C(=O)NC)c(=O)c2cc(NC3Cc4ccccc4C3)cnc21. The summed E-state index contributed by atoms with van der Waals surface area (Å²) in [6, 6.07) is 10.5. The zero-order chi connectivity index (χ0) is 19.0. The summed E-state index contributed by atoms with van der Waals surface area (Å²) in [5, 5.41) is 6.49. The summed E-state index contributed by atoms with van der Waals surface area (Å²) in [5.74, 6) is -0.381. The molecule has 0 fully saturated rings. The summed E-state index contributed by atoms with van der Waals surface area (Å²) in [6.07, 6.45) is 5.24. The molecule has 3 aromatic rings. The van der Waals surface area contributed by atoms with Gasteiger partial charge in [0.15, 0.2) is 0 Å². The van der Waals surface area contributed by atoms with Crippen molar-refractivity contribution < 1.29 is 4.79 Å². The molecule has 1 aliphatic carbocycles. The molecule has 27 heavy (non-hydrogen) atoms. The zero-order valence-electron chi connectivity index (χ0n) is 15.5. The molecule has 4 rings (SSSR count). The predicted octanol–water partition coefficient (Wildman–Crippen LogP) is 2.36. The van der Waals surface area contributed by atoms with Crippen molar-refractivity contribution >= 4 is 22.6 Å². The van der Waals surface area contributed by atoms with Crippen molar-refractivity contribution in [3.05, 3.63) is 69.6 Å². The number of benzene rings is 1. The Hall–Kier alpha value is -3.15. The van der Waals surface area contributed by atoms with Crippen molar-refractivity contribution in [1.29, 1.82) is 0 Å². The van der Waals surface area contributed by atoms with E-state index < -0.39 is 0 Å². The van der Waals surface area contributed by atoms with Crippen LogP contribution in [-0.2, 0) is 19.4 Å². The second-order valence-corrected chi connectivity index (χ2v) is 6.85. The molecule has 2 N–H and O–H groups in total. The normalized spacial score (nSPS) is 13.6. The topological polar surface area (TPSA) is 76.0 Å². The molecule has 2 heterocycles. The minimum atomic E-state index is -0.381. The number of amides is 1. The molecular weight excluding hydrogens is 340 g/mol. The van der Waals surface area contributed by atoms with E-state index in [1.807, 2.05) is 17.6 Å². The van der Waals surface area contributed by atoms with Crippen LogP contribution in [0.5, 0.6) is 0 Å². The maximum atomic E-state index is 12.8. The third kappa shape index (κ3) is 3.07. The van der Waals surface area contributed by atoms with Crippen molar-refractivity contribution in [1.82, 2.24) is 14.9 Å². The van der Waals surface area contributed by atoms with Gasteiger partial charge in [-0.3, -0.25) is 9.59 Å². The molecule has 2 aromatic heterocycles. The van der Waals surface area contributed by atoms with E-state index in [-0.39, 0.29) is 22.9 Å². The van der Waals surface area contributed by atoms with Crippen LogP contribution in [0, 0.1) is 0 Å². The lowest BCUT2D eigenvalue weighted by Gasteiger charge is -2.15. The first-order chi connectivity index (χ1) is 13.1. The Balaban J connectivity index is 1.70. The van der Waals surface area contributed by atoms with Crippen LogP contribution in [0.15, 0.2) is 47.5 Å². The second-order valence-electron chi connectivity index (χ2n) is 6.85. The third-order valence-electron chi connectivity index (χ3n) is 5.15. The second kappa shape index (κ2) is 6.87. The first kappa shape index (κ1) is 17.3. The molecule has 0 saturated carbocycles. The highest BCUT2D eigenvalue weighted by atomic mass is 16.2. The molecule has 1 amide bonds. The van der Waals surface area contributed by atoms with Crippen molar-refractivity contribution in [3.63, 3.8) is 0 Å². The lowest BCUT2D eigenvalue weighted by Crippen LogP contribution is -2.27. The number of anilines is 1. The maximum Gasteiger partial charge on any atom is 0.256 e. The molecule has 0 saturated heterocycles. The number of rotatable bonds is 4. The number of nitrogens with zero attached hydrogens (tertiary/aromatic N) is 2. The molecule has 0 unspecified atom stereocenters. The minimum absolute atomic E-state index is 0.138. The fraction of sp³-hybridized carbons (Fsp3) is 0.286. The van der Waals surface area contributed by atoms with Gasteiger partial charge in [-0.25, -0.2) is 4.98 Å². The van der Waals surface area contributed by atoms with Gasteiger partial charge >= 0.3 is 0 Å². The van der Waals surface area contributed by atoms with Gasteiger partial charge in [-0.05, 0) is 37.0 Å². The number of aromatic nitrogens is 2. The van der Waals surface area contributed by atoms with Crippen molar-refractivity contribution in [2.45, 2.75) is 32.4 Å². The number of carbonyl (C=O) groups is 1. The fourth-order valence-electron chi connectivity index (χ4n) is 3.79. The maximum absolute atomic E-state index is 12.8. The number of fused-ring (bicyclic) bond motifs is 2. The van der Waals surface area contributed by atoms with Gasteiger partial charge < -0.3 is 15.2 Å². The van der Waals surface area contributed by atoms with Crippen LogP contribution < -0.4 is 16.1 Å². The Morgan fingerprint density at radius 1 is 1.26 bits per heavy atom. The van der Waals surface area contributed by atoms with Crippen LogP contribution in [-0.4, -0.2) is 28.5 Å². The predicted molar refractivity (Wildman–Crippen MR) is 106 cm³/mol. The van der Waals surface area contributed by atoms with E-state index in [1.165, 1.54) is 18.2 Å². The number of carbonyl (C=O) groups excluding carboxylic acids is 1.